The molecule has 134 valence electrons. The lowest BCUT2D eigenvalue weighted by Gasteiger charge is -2.31. The summed E-state index contributed by atoms with van der Waals surface area (Å²) in [4.78, 5) is 26.3. The molecule has 0 aromatic heterocycles. The fourth-order valence-electron chi connectivity index (χ4n) is 3.27. The molecular formula is C22H22BrNO2. The lowest BCUT2D eigenvalue weighted by atomic mass is 9.90. The molecule has 1 fully saturated rings. The highest BCUT2D eigenvalue weighted by Crippen LogP contribution is 2.22. The molecule has 26 heavy (non-hydrogen) atoms. The molecule has 0 aliphatic carbocycles. The predicted molar refractivity (Wildman–Crippen MR) is 107 cm³/mol. The molecule has 3 rings (SSSR count). The Hall–Kier alpha value is -2.20. The van der Waals surface area contributed by atoms with Crippen molar-refractivity contribution >= 4 is 27.6 Å². The van der Waals surface area contributed by atoms with Crippen molar-refractivity contribution in [1.82, 2.24) is 4.90 Å². The first-order chi connectivity index (χ1) is 12.6. The van der Waals surface area contributed by atoms with Gasteiger partial charge in [-0.3, -0.25) is 9.59 Å². The summed E-state index contributed by atoms with van der Waals surface area (Å²) in [5.74, 6) is 0.397. The van der Waals surface area contributed by atoms with Gasteiger partial charge in [0.05, 0.1) is 0 Å². The number of benzene rings is 2. The summed E-state index contributed by atoms with van der Waals surface area (Å²) in [6, 6.07) is 17.6. The van der Waals surface area contributed by atoms with Crippen LogP contribution in [0.2, 0.25) is 0 Å². The maximum atomic E-state index is 12.3. The molecule has 0 bridgehead atoms. The number of carbonyl (C=O) groups excluding carboxylic acids is 2. The molecule has 0 spiro atoms. The standard InChI is InChI=1S/C22H22BrNO2/c23-20-8-6-19(7-9-20)21(25)10-11-22(26)24-14-12-18(13-15-24)16-17-4-2-1-3-5-17/h1-11,18H,12-16H2/b11-10+. The molecule has 2 aromatic rings. The lowest BCUT2D eigenvalue weighted by Crippen LogP contribution is -2.38. The minimum atomic E-state index is -0.148. The van der Waals surface area contributed by atoms with Crippen LogP contribution in [-0.2, 0) is 11.2 Å². The van der Waals surface area contributed by atoms with E-state index in [2.05, 4.69) is 40.2 Å². The van der Waals surface area contributed by atoms with E-state index in [0.29, 0.717) is 11.5 Å². The van der Waals surface area contributed by atoms with E-state index in [4.69, 9.17) is 0 Å². The fraction of sp³-hybridized carbons (Fsp3) is 0.273. The Morgan fingerprint density at radius 2 is 1.62 bits per heavy atom. The molecule has 0 unspecified atom stereocenters. The van der Waals surface area contributed by atoms with Crippen LogP contribution in [0.3, 0.4) is 0 Å². The zero-order valence-electron chi connectivity index (χ0n) is 14.6. The Bertz CT molecular complexity index is 776. The number of halogens is 1. The second kappa shape index (κ2) is 8.95. The number of nitrogens with zero attached hydrogens (tertiary/aromatic N) is 1. The Kier molecular flexibility index (Phi) is 6.40. The minimum absolute atomic E-state index is 0.0753. The second-order valence-corrected chi connectivity index (χ2v) is 7.58. The first-order valence-corrected chi connectivity index (χ1v) is 9.72. The molecular weight excluding hydrogens is 390 g/mol. The summed E-state index contributed by atoms with van der Waals surface area (Å²) in [6.45, 7) is 1.51. The molecule has 0 N–H and O–H groups in total. The van der Waals surface area contributed by atoms with Gasteiger partial charge in [-0.05, 0) is 61.1 Å². The summed E-state index contributed by atoms with van der Waals surface area (Å²) < 4.78 is 0.924. The number of hydrogen-bond donors (Lipinski definition) is 0. The first-order valence-electron chi connectivity index (χ1n) is 8.92. The van der Waals surface area contributed by atoms with E-state index >= 15 is 0 Å². The molecule has 1 aliphatic heterocycles. The van der Waals surface area contributed by atoms with Gasteiger partial charge in [0.2, 0.25) is 5.91 Å². The third-order valence-electron chi connectivity index (χ3n) is 4.80. The van der Waals surface area contributed by atoms with Gasteiger partial charge in [0.1, 0.15) is 0 Å². The van der Waals surface area contributed by atoms with Gasteiger partial charge in [0.15, 0.2) is 5.78 Å². The van der Waals surface area contributed by atoms with Gasteiger partial charge < -0.3 is 4.90 Å². The number of piperidine rings is 1. The van der Waals surface area contributed by atoms with Gasteiger partial charge >= 0.3 is 0 Å². The minimum Gasteiger partial charge on any atom is -0.339 e. The van der Waals surface area contributed by atoms with E-state index in [9.17, 15) is 9.59 Å². The van der Waals surface area contributed by atoms with Crippen molar-refractivity contribution in [2.24, 2.45) is 5.92 Å². The van der Waals surface area contributed by atoms with Crippen molar-refractivity contribution in [1.29, 1.82) is 0 Å². The van der Waals surface area contributed by atoms with Crippen LogP contribution < -0.4 is 0 Å². The third kappa shape index (κ3) is 5.15. The second-order valence-electron chi connectivity index (χ2n) is 6.66. The lowest BCUT2D eigenvalue weighted by molar-refractivity contribution is -0.127. The number of likely N-dealkylation sites (tertiary alicyclic amines) is 1. The quantitative estimate of drug-likeness (QED) is 0.529. The molecule has 2 aromatic carbocycles. The van der Waals surface area contributed by atoms with Crippen LogP contribution in [0, 0.1) is 5.92 Å². The van der Waals surface area contributed by atoms with Crippen molar-refractivity contribution in [3.8, 4) is 0 Å². The number of amides is 1. The molecule has 1 heterocycles. The van der Waals surface area contributed by atoms with E-state index in [0.717, 1.165) is 36.8 Å². The average molecular weight is 412 g/mol. The normalized spacial score (nSPS) is 15.3. The molecule has 1 aliphatic rings. The van der Waals surface area contributed by atoms with Crippen molar-refractivity contribution < 1.29 is 9.59 Å². The van der Waals surface area contributed by atoms with Gasteiger partial charge in [-0.25, -0.2) is 0 Å². The Labute approximate surface area is 162 Å². The van der Waals surface area contributed by atoms with E-state index in [-0.39, 0.29) is 11.7 Å². The number of rotatable bonds is 5. The zero-order chi connectivity index (χ0) is 18.4. The fourth-order valence-corrected chi connectivity index (χ4v) is 3.53. The van der Waals surface area contributed by atoms with Crippen molar-refractivity contribution in [2.75, 3.05) is 13.1 Å². The number of hydrogen-bond acceptors (Lipinski definition) is 2. The third-order valence-corrected chi connectivity index (χ3v) is 5.33. The van der Waals surface area contributed by atoms with Gasteiger partial charge in [0.25, 0.3) is 0 Å². The van der Waals surface area contributed by atoms with Crippen molar-refractivity contribution in [3.05, 3.63) is 82.3 Å². The van der Waals surface area contributed by atoms with Gasteiger partial charge in [-0.15, -0.1) is 0 Å². The Balaban J connectivity index is 1.48. The summed E-state index contributed by atoms with van der Waals surface area (Å²) in [5, 5.41) is 0. The smallest absolute Gasteiger partial charge is 0.246 e. The van der Waals surface area contributed by atoms with Gasteiger partial charge in [0, 0.05) is 29.2 Å². The average Bonchev–Trinajstić information content (AvgIpc) is 2.68. The SMILES string of the molecule is O=C(/C=C/C(=O)N1CCC(Cc2ccccc2)CC1)c1ccc(Br)cc1. The van der Waals surface area contributed by atoms with Crippen LogP contribution in [0.5, 0.6) is 0 Å². The summed E-state index contributed by atoms with van der Waals surface area (Å²) >= 11 is 3.34. The van der Waals surface area contributed by atoms with Crippen LogP contribution >= 0.6 is 15.9 Å². The van der Waals surface area contributed by atoms with E-state index in [1.165, 1.54) is 17.7 Å². The monoisotopic (exact) mass is 411 g/mol. The van der Waals surface area contributed by atoms with Crippen LogP contribution in [0.15, 0.2) is 71.2 Å². The largest absolute Gasteiger partial charge is 0.339 e. The Morgan fingerprint density at radius 1 is 0.962 bits per heavy atom. The summed E-state index contributed by atoms with van der Waals surface area (Å²) in [6.07, 6.45) is 5.87. The van der Waals surface area contributed by atoms with Crippen LogP contribution in [-0.4, -0.2) is 29.7 Å². The molecule has 0 radical (unpaired) electrons. The number of ketones is 1. The molecule has 0 saturated carbocycles. The zero-order valence-corrected chi connectivity index (χ0v) is 16.2. The highest BCUT2D eigenvalue weighted by molar-refractivity contribution is 9.10. The van der Waals surface area contributed by atoms with Crippen molar-refractivity contribution in [3.63, 3.8) is 0 Å². The molecule has 3 nitrogen and oxygen atoms in total. The van der Waals surface area contributed by atoms with E-state index < -0.39 is 0 Å². The van der Waals surface area contributed by atoms with Gasteiger partial charge in [-0.2, -0.15) is 0 Å². The van der Waals surface area contributed by atoms with Crippen LogP contribution in [0.25, 0.3) is 0 Å². The van der Waals surface area contributed by atoms with Gasteiger partial charge in [-0.1, -0.05) is 46.3 Å². The molecule has 4 heteroatoms. The van der Waals surface area contributed by atoms with Crippen LogP contribution in [0.4, 0.5) is 0 Å². The summed E-state index contributed by atoms with van der Waals surface area (Å²) in [5.41, 5.74) is 1.94. The Morgan fingerprint density at radius 3 is 2.27 bits per heavy atom. The van der Waals surface area contributed by atoms with Crippen LogP contribution in [0.1, 0.15) is 28.8 Å². The highest BCUT2D eigenvalue weighted by atomic mass is 79.9. The number of carbonyl (C=O) groups is 2. The first kappa shape index (κ1) is 18.6. The topological polar surface area (TPSA) is 37.4 Å². The number of allylic oxidation sites excluding steroid dienone is 1. The van der Waals surface area contributed by atoms with E-state index in [1.54, 1.807) is 12.1 Å². The molecule has 1 amide bonds. The maximum Gasteiger partial charge on any atom is 0.246 e. The maximum absolute atomic E-state index is 12.3. The molecule has 1 saturated heterocycles. The van der Waals surface area contributed by atoms with Crippen molar-refractivity contribution in [2.45, 2.75) is 19.3 Å². The summed E-state index contributed by atoms with van der Waals surface area (Å²) in [7, 11) is 0. The van der Waals surface area contributed by atoms with E-state index in [1.807, 2.05) is 23.1 Å². The molecule has 0 atom stereocenters. The predicted octanol–water partition coefficient (Wildman–Crippen LogP) is 4.67. The highest BCUT2D eigenvalue weighted by Gasteiger charge is 2.21.